The molecule has 0 fully saturated rings. The minimum Gasteiger partial charge on any atom is -0.479 e. The van der Waals surface area contributed by atoms with E-state index in [0.717, 1.165) is 16.5 Å². The fraction of sp³-hybridized carbons (Fsp3) is 0.375. The van der Waals surface area contributed by atoms with E-state index in [0.29, 0.717) is 12.8 Å². The number of aromatic nitrogens is 1. The summed E-state index contributed by atoms with van der Waals surface area (Å²) in [5, 5.41) is 12.6. The van der Waals surface area contributed by atoms with Gasteiger partial charge >= 0.3 is 5.97 Å². The fourth-order valence-electron chi connectivity index (χ4n) is 2.44. The molecule has 0 saturated heterocycles. The minimum absolute atomic E-state index is 0.0276. The second-order valence-corrected chi connectivity index (χ2v) is 5.15. The van der Waals surface area contributed by atoms with Crippen molar-refractivity contribution in [2.24, 2.45) is 7.05 Å². The van der Waals surface area contributed by atoms with Crippen LogP contribution in [0.4, 0.5) is 0 Å². The number of nitrogens with zero attached hydrogens (tertiary/aromatic N) is 1. The maximum atomic E-state index is 11.8. The van der Waals surface area contributed by atoms with Gasteiger partial charge in [-0.15, -0.1) is 0 Å². The van der Waals surface area contributed by atoms with Crippen LogP contribution in [0.2, 0.25) is 0 Å². The first kappa shape index (κ1) is 16.0. The van der Waals surface area contributed by atoms with Gasteiger partial charge in [0.05, 0.1) is 6.54 Å². The highest BCUT2D eigenvalue weighted by atomic mass is 16.5. The zero-order chi connectivity index (χ0) is 16.1. The number of carboxylic acid groups (broad SMARTS) is 1. The number of para-hydroxylation sites is 1. The van der Waals surface area contributed by atoms with Gasteiger partial charge in [0.25, 0.3) is 0 Å². The number of hydrogen-bond acceptors (Lipinski definition) is 3. The molecule has 1 aromatic carbocycles. The zero-order valence-corrected chi connectivity index (χ0v) is 12.7. The summed E-state index contributed by atoms with van der Waals surface area (Å²) in [5.74, 6) is -1.27. The Morgan fingerprint density at radius 1 is 1.36 bits per heavy atom. The van der Waals surface area contributed by atoms with E-state index in [1.807, 2.05) is 42.1 Å². The number of aryl methyl sites for hydroxylation is 2. The van der Waals surface area contributed by atoms with Crippen LogP contribution in [-0.4, -0.2) is 41.3 Å². The SMILES string of the molecule is COC(CNC(=O)CCc1cn(C)c2ccccc12)C(=O)O. The van der Waals surface area contributed by atoms with E-state index in [2.05, 4.69) is 5.32 Å². The highest BCUT2D eigenvalue weighted by Crippen LogP contribution is 2.21. The lowest BCUT2D eigenvalue weighted by Gasteiger charge is -2.11. The van der Waals surface area contributed by atoms with Crippen LogP contribution in [0.25, 0.3) is 10.9 Å². The van der Waals surface area contributed by atoms with Gasteiger partial charge in [-0.3, -0.25) is 4.79 Å². The van der Waals surface area contributed by atoms with Crippen LogP contribution in [0, 0.1) is 0 Å². The van der Waals surface area contributed by atoms with Crippen molar-refractivity contribution in [1.82, 2.24) is 9.88 Å². The predicted octanol–water partition coefficient (Wildman–Crippen LogP) is 1.33. The molecular weight excluding hydrogens is 284 g/mol. The number of rotatable bonds is 7. The number of aliphatic carboxylic acids is 1. The van der Waals surface area contributed by atoms with Crippen molar-refractivity contribution >= 4 is 22.8 Å². The summed E-state index contributed by atoms with van der Waals surface area (Å²) in [6.07, 6.45) is 1.93. The quantitative estimate of drug-likeness (QED) is 0.808. The van der Waals surface area contributed by atoms with E-state index in [9.17, 15) is 9.59 Å². The smallest absolute Gasteiger partial charge is 0.334 e. The van der Waals surface area contributed by atoms with E-state index in [1.54, 1.807) is 0 Å². The Morgan fingerprint density at radius 3 is 2.77 bits per heavy atom. The zero-order valence-electron chi connectivity index (χ0n) is 12.7. The van der Waals surface area contributed by atoms with E-state index >= 15 is 0 Å². The molecule has 0 radical (unpaired) electrons. The molecule has 1 atom stereocenters. The molecule has 0 saturated carbocycles. The third kappa shape index (κ3) is 3.65. The van der Waals surface area contributed by atoms with E-state index in [-0.39, 0.29) is 12.5 Å². The first-order chi connectivity index (χ1) is 10.5. The van der Waals surface area contributed by atoms with E-state index in [4.69, 9.17) is 9.84 Å². The topological polar surface area (TPSA) is 80.6 Å². The number of carbonyl (C=O) groups excluding carboxylic acids is 1. The molecule has 6 heteroatoms. The van der Waals surface area contributed by atoms with Crippen LogP contribution >= 0.6 is 0 Å². The Kier molecular flexibility index (Phi) is 5.16. The summed E-state index contributed by atoms with van der Waals surface area (Å²) in [4.78, 5) is 22.6. The van der Waals surface area contributed by atoms with Crippen molar-refractivity contribution in [3.63, 3.8) is 0 Å². The second kappa shape index (κ2) is 7.09. The van der Waals surface area contributed by atoms with Gasteiger partial charge < -0.3 is 19.7 Å². The van der Waals surface area contributed by atoms with Crippen LogP contribution in [-0.2, 0) is 27.8 Å². The molecule has 0 aliphatic carbocycles. The molecule has 1 unspecified atom stereocenters. The molecule has 1 aromatic heterocycles. The molecule has 22 heavy (non-hydrogen) atoms. The van der Waals surface area contributed by atoms with Gasteiger partial charge in [0.2, 0.25) is 5.91 Å². The number of amides is 1. The first-order valence-electron chi connectivity index (χ1n) is 7.08. The monoisotopic (exact) mass is 304 g/mol. The van der Waals surface area contributed by atoms with E-state index in [1.165, 1.54) is 7.11 Å². The molecule has 2 aromatic rings. The number of carbonyl (C=O) groups is 2. The van der Waals surface area contributed by atoms with Crippen LogP contribution in [0.5, 0.6) is 0 Å². The van der Waals surface area contributed by atoms with Crippen molar-refractivity contribution in [2.45, 2.75) is 18.9 Å². The van der Waals surface area contributed by atoms with E-state index < -0.39 is 12.1 Å². The average molecular weight is 304 g/mol. The molecule has 0 aliphatic rings. The third-order valence-electron chi connectivity index (χ3n) is 3.65. The fourth-order valence-corrected chi connectivity index (χ4v) is 2.44. The largest absolute Gasteiger partial charge is 0.479 e. The molecule has 1 amide bonds. The van der Waals surface area contributed by atoms with Crippen LogP contribution in [0.3, 0.4) is 0 Å². The number of hydrogen-bond donors (Lipinski definition) is 2. The molecule has 118 valence electrons. The molecule has 6 nitrogen and oxygen atoms in total. The number of nitrogens with one attached hydrogen (secondary N) is 1. The van der Waals surface area contributed by atoms with Crippen molar-refractivity contribution in [2.75, 3.05) is 13.7 Å². The summed E-state index contributed by atoms with van der Waals surface area (Å²) in [6, 6.07) is 8.03. The standard InChI is InChI=1S/C16H20N2O4/c1-18-10-11(12-5-3-4-6-13(12)18)7-8-15(19)17-9-14(22-2)16(20)21/h3-6,10,14H,7-9H2,1-2H3,(H,17,19)(H,20,21). The van der Waals surface area contributed by atoms with Gasteiger partial charge in [-0.25, -0.2) is 4.79 Å². The lowest BCUT2D eigenvalue weighted by molar-refractivity contribution is -0.148. The van der Waals surface area contributed by atoms with Gasteiger partial charge in [-0.2, -0.15) is 0 Å². The van der Waals surface area contributed by atoms with Gasteiger partial charge in [0.1, 0.15) is 0 Å². The molecule has 2 N–H and O–H groups in total. The Balaban J connectivity index is 1.92. The van der Waals surface area contributed by atoms with Crippen molar-refractivity contribution in [3.05, 3.63) is 36.0 Å². The molecule has 0 bridgehead atoms. The Morgan fingerprint density at radius 2 is 2.09 bits per heavy atom. The van der Waals surface area contributed by atoms with Crippen LogP contribution in [0.1, 0.15) is 12.0 Å². The maximum absolute atomic E-state index is 11.8. The van der Waals surface area contributed by atoms with Gasteiger partial charge in [-0.05, 0) is 18.1 Å². The summed E-state index contributed by atoms with van der Waals surface area (Å²) >= 11 is 0. The summed E-state index contributed by atoms with van der Waals surface area (Å²) in [6.45, 7) is -0.0276. The van der Waals surface area contributed by atoms with Crippen LogP contribution < -0.4 is 5.32 Å². The first-order valence-corrected chi connectivity index (χ1v) is 7.08. The normalized spacial score (nSPS) is 12.3. The lowest BCUT2D eigenvalue weighted by atomic mass is 10.1. The molecule has 0 aliphatic heterocycles. The van der Waals surface area contributed by atoms with Gasteiger partial charge in [0, 0.05) is 37.7 Å². The number of ether oxygens (including phenoxy) is 1. The van der Waals surface area contributed by atoms with Gasteiger partial charge in [0.15, 0.2) is 6.10 Å². The lowest BCUT2D eigenvalue weighted by Crippen LogP contribution is -2.37. The summed E-state index contributed by atoms with van der Waals surface area (Å²) in [5.41, 5.74) is 2.23. The summed E-state index contributed by atoms with van der Waals surface area (Å²) < 4.78 is 6.80. The molecular formula is C16H20N2O4. The maximum Gasteiger partial charge on any atom is 0.334 e. The summed E-state index contributed by atoms with van der Waals surface area (Å²) in [7, 11) is 3.28. The van der Waals surface area contributed by atoms with Crippen molar-refractivity contribution in [3.8, 4) is 0 Å². The molecule has 0 spiro atoms. The van der Waals surface area contributed by atoms with Crippen molar-refractivity contribution in [1.29, 1.82) is 0 Å². The Labute approximate surface area is 128 Å². The minimum atomic E-state index is -1.09. The van der Waals surface area contributed by atoms with Crippen molar-refractivity contribution < 1.29 is 19.4 Å². The number of fused-ring (bicyclic) bond motifs is 1. The van der Waals surface area contributed by atoms with Crippen LogP contribution in [0.15, 0.2) is 30.5 Å². The molecule has 1 heterocycles. The number of methoxy groups -OCH3 is 1. The predicted molar refractivity (Wildman–Crippen MR) is 82.7 cm³/mol. The Hall–Kier alpha value is -2.34. The highest BCUT2D eigenvalue weighted by molar-refractivity contribution is 5.85. The average Bonchev–Trinajstić information content (AvgIpc) is 2.82. The second-order valence-electron chi connectivity index (χ2n) is 5.15. The highest BCUT2D eigenvalue weighted by Gasteiger charge is 2.17. The van der Waals surface area contributed by atoms with Gasteiger partial charge in [-0.1, -0.05) is 18.2 Å². The Bertz CT molecular complexity index is 678. The number of benzene rings is 1. The number of carboxylic acids is 1. The third-order valence-corrected chi connectivity index (χ3v) is 3.65. The molecule has 2 rings (SSSR count).